The zero-order valence-electron chi connectivity index (χ0n) is 18.9. The first-order valence-corrected chi connectivity index (χ1v) is 12.1. The molecule has 2 aromatic rings. The van der Waals surface area contributed by atoms with Crippen LogP contribution in [0.1, 0.15) is 68.9 Å². The van der Waals surface area contributed by atoms with Crippen molar-refractivity contribution in [1.29, 1.82) is 5.26 Å². The van der Waals surface area contributed by atoms with E-state index in [1.165, 1.54) is 19.3 Å². The number of carbonyl (C=O) groups is 1. The van der Waals surface area contributed by atoms with Gasteiger partial charge >= 0.3 is 5.97 Å². The van der Waals surface area contributed by atoms with Gasteiger partial charge in [0.1, 0.15) is 23.1 Å². The van der Waals surface area contributed by atoms with Gasteiger partial charge in [-0.2, -0.15) is 5.26 Å². The first-order valence-electron chi connectivity index (χ1n) is 11.7. The summed E-state index contributed by atoms with van der Waals surface area (Å²) in [6.45, 7) is 2.22. The largest absolute Gasteiger partial charge is 0.440 e. The Morgan fingerprint density at radius 3 is 2.70 bits per heavy atom. The first kappa shape index (κ1) is 23.2. The zero-order chi connectivity index (χ0) is 23.4. The molecule has 4 rings (SSSR count). The molecule has 5 nitrogen and oxygen atoms in total. The van der Waals surface area contributed by atoms with E-state index in [-0.39, 0.29) is 17.8 Å². The molecule has 33 heavy (non-hydrogen) atoms. The Kier molecular flexibility index (Phi) is 7.25. The van der Waals surface area contributed by atoms with Crippen LogP contribution in [-0.2, 0) is 4.79 Å². The lowest BCUT2D eigenvalue weighted by molar-refractivity contribution is -0.140. The predicted octanol–water partition coefficient (Wildman–Crippen LogP) is 6.46. The SMILES string of the molecule is CCCCC1CCC(C(=O)Oc2ccc3c(c2)OC(N)=C(C#N)C3c2cccc(Cl)c2)CC1. The quantitative estimate of drug-likeness (QED) is 0.391. The summed E-state index contributed by atoms with van der Waals surface area (Å²) in [6.07, 6.45) is 7.68. The van der Waals surface area contributed by atoms with Gasteiger partial charge in [0, 0.05) is 16.7 Å². The summed E-state index contributed by atoms with van der Waals surface area (Å²) in [5.41, 5.74) is 8.03. The third kappa shape index (κ3) is 5.17. The third-order valence-corrected chi connectivity index (χ3v) is 6.97. The second-order valence-corrected chi connectivity index (χ2v) is 9.40. The van der Waals surface area contributed by atoms with E-state index in [0.29, 0.717) is 22.1 Å². The molecule has 6 heteroatoms. The molecule has 1 aliphatic carbocycles. The minimum atomic E-state index is -0.402. The molecule has 0 aromatic heterocycles. The van der Waals surface area contributed by atoms with Crippen LogP contribution in [0.5, 0.6) is 11.5 Å². The van der Waals surface area contributed by atoms with Gasteiger partial charge in [0.2, 0.25) is 5.88 Å². The number of fused-ring (bicyclic) bond motifs is 1. The van der Waals surface area contributed by atoms with E-state index in [4.69, 9.17) is 26.8 Å². The fraction of sp³-hybridized carbons (Fsp3) is 0.407. The third-order valence-electron chi connectivity index (χ3n) is 6.74. The van der Waals surface area contributed by atoms with Crippen LogP contribution in [0.4, 0.5) is 0 Å². The van der Waals surface area contributed by atoms with E-state index < -0.39 is 5.92 Å². The summed E-state index contributed by atoms with van der Waals surface area (Å²) in [5, 5.41) is 10.3. The van der Waals surface area contributed by atoms with Crippen LogP contribution in [0.3, 0.4) is 0 Å². The van der Waals surface area contributed by atoms with Gasteiger partial charge in [0.15, 0.2) is 0 Å². The summed E-state index contributed by atoms with van der Waals surface area (Å²) in [4.78, 5) is 12.8. The number of nitrogens with zero attached hydrogens (tertiary/aromatic N) is 1. The van der Waals surface area contributed by atoms with Crippen molar-refractivity contribution < 1.29 is 14.3 Å². The average Bonchev–Trinajstić information content (AvgIpc) is 2.82. The molecule has 1 heterocycles. The molecule has 1 saturated carbocycles. The van der Waals surface area contributed by atoms with Crippen LogP contribution in [-0.4, -0.2) is 5.97 Å². The first-order chi connectivity index (χ1) is 16.0. The molecule has 1 fully saturated rings. The molecule has 0 saturated heterocycles. The van der Waals surface area contributed by atoms with Crippen LogP contribution < -0.4 is 15.2 Å². The molecule has 2 aliphatic rings. The maximum absolute atomic E-state index is 12.8. The van der Waals surface area contributed by atoms with Crippen molar-refractivity contribution in [3.63, 3.8) is 0 Å². The maximum atomic E-state index is 12.8. The van der Waals surface area contributed by atoms with Gasteiger partial charge in [-0.15, -0.1) is 0 Å². The number of unbranched alkanes of at least 4 members (excludes halogenated alkanes) is 1. The molecule has 2 aromatic carbocycles. The van der Waals surface area contributed by atoms with E-state index in [0.717, 1.165) is 42.7 Å². The molecule has 0 radical (unpaired) electrons. The van der Waals surface area contributed by atoms with Gasteiger partial charge in [-0.25, -0.2) is 0 Å². The van der Waals surface area contributed by atoms with E-state index in [1.54, 1.807) is 18.2 Å². The van der Waals surface area contributed by atoms with Gasteiger partial charge in [-0.3, -0.25) is 4.79 Å². The lowest BCUT2D eigenvalue weighted by Crippen LogP contribution is -2.26. The number of nitrogens with two attached hydrogens (primary N) is 1. The molecule has 1 aliphatic heterocycles. The monoisotopic (exact) mass is 464 g/mol. The van der Waals surface area contributed by atoms with Crippen molar-refractivity contribution in [3.8, 4) is 17.6 Å². The normalized spacial score (nSPS) is 22.2. The summed E-state index contributed by atoms with van der Waals surface area (Å²) < 4.78 is 11.5. The number of rotatable bonds is 6. The number of carbonyl (C=O) groups excluding carboxylic acids is 1. The highest BCUT2D eigenvalue weighted by Crippen LogP contribution is 2.44. The highest BCUT2D eigenvalue weighted by molar-refractivity contribution is 6.30. The number of nitriles is 1. The second-order valence-electron chi connectivity index (χ2n) is 8.96. The van der Waals surface area contributed by atoms with Gasteiger partial charge in [-0.05, 0) is 55.4 Å². The van der Waals surface area contributed by atoms with Crippen LogP contribution in [0.2, 0.25) is 5.02 Å². The maximum Gasteiger partial charge on any atom is 0.314 e. The standard InChI is InChI=1S/C27H29ClN2O3/c1-2-3-5-17-8-10-18(11-9-17)27(31)32-21-12-13-22-24(15-21)33-26(30)23(16-29)25(22)19-6-4-7-20(28)14-19/h4,6-7,12-15,17-18,25H,2-3,5,8-11,30H2,1H3. The lowest BCUT2D eigenvalue weighted by Gasteiger charge is -2.28. The Balaban J connectivity index is 1.51. The topological polar surface area (TPSA) is 85.3 Å². The number of ether oxygens (including phenoxy) is 2. The number of hydrogen-bond acceptors (Lipinski definition) is 5. The fourth-order valence-electron chi connectivity index (χ4n) is 4.91. The van der Waals surface area contributed by atoms with Crippen molar-refractivity contribution >= 4 is 17.6 Å². The zero-order valence-corrected chi connectivity index (χ0v) is 19.6. The molecule has 172 valence electrons. The predicted molar refractivity (Wildman–Crippen MR) is 128 cm³/mol. The Morgan fingerprint density at radius 2 is 2.00 bits per heavy atom. The van der Waals surface area contributed by atoms with Crippen LogP contribution in [0, 0.1) is 23.2 Å². The van der Waals surface area contributed by atoms with E-state index in [1.807, 2.05) is 24.3 Å². The number of esters is 1. The van der Waals surface area contributed by atoms with Crippen molar-refractivity contribution in [2.45, 2.75) is 57.8 Å². The minimum absolute atomic E-state index is 0.0452. The lowest BCUT2D eigenvalue weighted by atomic mass is 9.80. The number of halogens is 1. The molecular formula is C27H29ClN2O3. The number of allylic oxidation sites excluding steroid dienone is 1. The molecule has 1 unspecified atom stereocenters. The van der Waals surface area contributed by atoms with Gasteiger partial charge < -0.3 is 15.2 Å². The Hall–Kier alpha value is -2.97. The minimum Gasteiger partial charge on any atom is -0.440 e. The number of benzene rings is 2. The molecular weight excluding hydrogens is 436 g/mol. The summed E-state index contributed by atoms with van der Waals surface area (Å²) in [7, 11) is 0. The van der Waals surface area contributed by atoms with Crippen molar-refractivity contribution in [2.24, 2.45) is 17.6 Å². The Labute approximate surface area is 200 Å². The van der Waals surface area contributed by atoms with Crippen LogP contribution >= 0.6 is 11.6 Å². The molecule has 2 N–H and O–H groups in total. The highest BCUT2D eigenvalue weighted by Gasteiger charge is 2.32. The number of hydrogen-bond donors (Lipinski definition) is 1. The van der Waals surface area contributed by atoms with Crippen molar-refractivity contribution in [3.05, 3.63) is 70.1 Å². The van der Waals surface area contributed by atoms with E-state index in [9.17, 15) is 10.1 Å². The summed E-state index contributed by atoms with van der Waals surface area (Å²) in [6, 6.07) is 14.8. The Bertz CT molecular complexity index is 1100. The van der Waals surface area contributed by atoms with Gasteiger partial charge in [0.05, 0.1) is 11.8 Å². The summed E-state index contributed by atoms with van der Waals surface area (Å²) in [5.74, 6) is 1.03. The van der Waals surface area contributed by atoms with Crippen molar-refractivity contribution in [2.75, 3.05) is 0 Å². The van der Waals surface area contributed by atoms with Crippen LogP contribution in [0.15, 0.2) is 53.9 Å². The average molecular weight is 465 g/mol. The van der Waals surface area contributed by atoms with E-state index >= 15 is 0 Å². The Morgan fingerprint density at radius 1 is 1.21 bits per heavy atom. The molecule has 0 amide bonds. The van der Waals surface area contributed by atoms with E-state index in [2.05, 4.69) is 13.0 Å². The van der Waals surface area contributed by atoms with Crippen LogP contribution in [0.25, 0.3) is 0 Å². The second kappa shape index (κ2) is 10.3. The fourth-order valence-corrected chi connectivity index (χ4v) is 5.11. The van der Waals surface area contributed by atoms with Gasteiger partial charge in [-0.1, -0.05) is 56.0 Å². The van der Waals surface area contributed by atoms with Gasteiger partial charge in [0.25, 0.3) is 0 Å². The van der Waals surface area contributed by atoms with Crippen molar-refractivity contribution in [1.82, 2.24) is 0 Å². The molecule has 1 atom stereocenters. The molecule has 0 bridgehead atoms. The highest BCUT2D eigenvalue weighted by atomic mass is 35.5. The molecule has 0 spiro atoms. The smallest absolute Gasteiger partial charge is 0.314 e. The summed E-state index contributed by atoms with van der Waals surface area (Å²) >= 11 is 6.19.